The third-order valence-electron chi connectivity index (χ3n) is 3.89. The third-order valence-corrected chi connectivity index (χ3v) is 3.89. The van der Waals surface area contributed by atoms with Crippen LogP contribution in [0.15, 0.2) is 36.9 Å². The summed E-state index contributed by atoms with van der Waals surface area (Å²) in [6, 6.07) is 7.38. The molecule has 1 fully saturated rings. The predicted octanol–water partition coefficient (Wildman–Crippen LogP) is 4.15. The van der Waals surface area contributed by atoms with Crippen molar-refractivity contribution < 1.29 is 4.79 Å². The summed E-state index contributed by atoms with van der Waals surface area (Å²) in [6.07, 6.45) is 8.35. The number of rotatable bonds is 4. The van der Waals surface area contributed by atoms with Gasteiger partial charge in [0.15, 0.2) is 0 Å². The molecule has 20 heavy (non-hydrogen) atoms. The van der Waals surface area contributed by atoms with E-state index in [0.717, 1.165) is 36.9 Å². The van der Waals surface area contributed by atoms with Crippen LogP contribution in [0, 0.1) is 11.3 Å². The lowest BCUT2D eigenvalue weighted by Crippen LogP contribution is -2.22. The van der Waals surface area contributed by atoms with E-state index in [1.165, 1.54) is 18.9 Å². The monoisotopic (exact) mass is 270 g/mol. The summed E-state index contributed by atoms with van der Waals surface area (Å²) in [6.45, 7) is 3.58. The molecule has 0 bridgehead atoms. The van der Waals surface area contributed by atoms with Gasteiger partial charge in [-0.1, -0.05) is 44.4 Å². The minimum Gasteiger partial charge on any atom is -0.326 e. The molecule has 0 aromatic heterocycles. The van der Waals surface area contributed by atoms with E-state index in [0.29, 0.717) is 5.71 Å². The summed E-state index contributed by atoms with van der Waals surface area (Å²) < 4.78 is 0. The van der Waals surface area contributed by atoms with E-state index in [2.05, 4.69) is 11.9 Å². The highest BCUT2D eigenvalue weighted by molar-refractivity contribution is 6.06. The maximum absolute atomic E-state index is 12.2. The van der Waals surface area contributed by atoms with Crippen molar-refractivity contribution in [1.82, 2.24) is 0 Å². The number of carbonyl (C=O) groups is 1. The Labute approximate surface area is 120 Å². The second-order valence-corrected chi connectivity index (χ2v) is 5.37. The van der Waals surface area contributed by atoms with Gasteiger partial charge in [-0.25, -0.2) is 0 Å². The van der Waals surface area contributed by atoms with E-state index >= 15 is 0 Å². The van der Waals surface area contributed by atoms with Crippen LogP contribution >= 0.6 is 0 Å². The Balaban J connectivity index is 1.96. The first-order chi connectivity index (χ1) is 9.70. The molecule has 3 nitrogen and oxygen atoms in total. The summed E-state index contributed by atoms with van der Waals surface area (Å²) in [5.74, 6) is 0.294. The smallest absolute Gasteiger partial charge is 0.227 e. The van der Waals surface area contributed by atoms with Crippen LogP contribution < -0.4 is 5.32 Å². The van der Waals surface area contributed by atoms with E-state index in [-0.39, 0.29) is 11.8 Å². The fraction of sp³-hybridized carbons (Fsp3) is 0.412. The molecule has 1 aliphatic carbocycles. The van der Waals surface area contributed by atoms with Crippen LogP contribution in [-0.2, 0) is 4.79 Å². The molecule has 2 N–H and O–H groups in total. The summed E-state index contributed by atoms with van der Waals surface area (Å²) in [4.78, 5) is 12.2. The maximum Gasteiger partial charge on any atom is 0.227 e. The van der Waals surface area contributed by atoms with E-state index in [4.69, 9.17) is 5.41 Å². The predicted molar refractivity (Wildman–Crippen MR) is 83.3 cm³/mol. The van der Waals surface area contributed by atoms with E-state index in [1.807, 2.05) is 24.3 Å². The molecule has 106 valence electrons. The minimum absolute atomic E-state index is 0.137. The molecule has 2 rings (SSSR count). The highest BCUT2D eigenvalue weighted by Crippen LogP contribution is 2.24. The van der Waals surface area contributed by atoms with Crippen LogP contribution in [0.5, 0.6) is 0 Å². The average molecular weight is 270 g/mol. The number of hydrogen-bond donors (Lipinski definition) is 2. The highest BCUT2D eigenvalue weighted by atomic mass is 16.1. The fourth-order valence-electron chi connectivity index (χ4n) is 2.64. The van der Waals surface area contributed by atoms with Gasteiger partial charge >= 0.3 is 0 Å². The van der Waals surface area contributed by atoms with Crippen LogP contribution in [0.4, 0.5) is 5.69 Å². The lowest BCUT2D eigenvalue weighted by molar-refractivity contribution is -0.120. The number of hydrogen-bond acceptors (Lipinski definition) is 2. The van der Waals surface area contributed by atoms with Gasteiger partial charge in [-0.2, -0.15) is 0 Å². The third kappa shape index (κ3) is 3.80. The normalized spacial score (nSPS) is 16.2. The van der Waals surface area contributed by atoms with Crippen LogP contribution in [0.2, 0.25) is 0 Å². The van der Waals surface area contributed by atoms with Crippen molar-refractivity contribution >= 4 is 17.3 Å². The largest absolute Gasteiger partial charge is 0.326 e. The first kappa shape index (κ1) is 14.5. The van der Waals surface area contributed by atoms with Gasteiger partial charge < -0.3 is 10.7 Å². The molecule has 1 aliphatic rings. The maximum atomic E-state index is 12.2. The zero-order valence-electron chi connectivity index (χ0n) is 11.8. The Hall–Kier alpha value is -1.90. The lowest BCUT2D eigenvalue weighted by atomic mass is 9.99. The molecule has 1 amide bonds. The Morgan fingerprint density at radius 2 is 1.75 bits per heavy atom. The second kappa shape index (κ2) is 7.04. The number of carbonyl (C=O) groups excluding carboxylic acids is 1. The van der Waals surface area contributed by atoms with E-state index in [1.54, 1.807) is 0 Å². The number of benzene rings is 1. The number of amides is 1. The molecule has 1 saturated carbocycles. The van der Waals surface area contributed by atoms with Gasteiger partial charge in [0.25, 0.3) is 0 Å². The molecule has 0 atom stereocenters. The van der Waals surface area contributed by atoms with Gasteiger partial charge in [0.2, 0.25) is 5.91 Å². The first-order valence-corrected chi connectivity index (χ1v) is 7.33. The van der Waals surface area contributed by atoms with Crippen LogP contribution in [0.3, 0.4) is 0 Å². The van der Waals surface area contributed by atoms with Crippen molar-refractivity contribution in [2.45, 2.75) is 38.5 Å². The Bertz CT molecular complexity index is 482. The Morgan fingerprint density at radius 1 is 1.15 bits per heavy atom. The van der Waals surface area contributed by atoms with Gasteiger partial charge in [0.05, 0.1) is 5.71 Å². The summed E-state index contributed by atoms with van der Waals surface area (Å²) in [7, 11) is 0. The van der Waals surface area contributed by atoms with Crippen LogP contribution in [-0.4, -0.2) is 11.6 Å². The van der Waals surface area contributed by atoms with Crippen molar-refractivity contribution in [3.8, 4) is 0 Å². The standard InChI is InChI=1S/C17H22N2O/c1-2-16(18)13-9-11-15(12-10-13)19-17(20)14-7-5-3-4-6-8-14/h2,9-12,14,18H,1,3-8H2,(H,19,20). The Morgan fingerprint density at radius 3 is 2.30 bits per heavy atom. The zero-order valence-corrected chi connectivity index (χ0v) is 11.8. The molecule has 0 aliphatic heterocycles. The van der Waals surface area contributed by atoms with Gasteiger partial charge in [0.1, 0.15) is 0 Å². The quantitative estimate of drug-likeness (QED) is 0.626. The number of anilines is 1. The van der Waals surface area contributed by atoms with Crippen molar-refractivity contribution in [1.29, 1.82) is 5.41 Å². The van der Waals surface area contributed by atoms with Gasteiger partial charge in [-0.3, -0.25) is 4.79 Å². The van der Waals surface area contributed by atoms with Gasteiger partial charge in [0, 0.05) is 11.6 Å². The van der Waals surface area contributed by atoms with Crippen molar-refractivity contribution in [2.24, 2.45) is 5.92 Å². The highest BCUT2D eigenvalue weighted by Gasteiger charge is 2.19. The topological polar surface area (TPSA) is 53.0 Å². The number of allylic oxidation sites excluding steroid dienone is 1. The van der Waals surface area contributed by atoms with Crippen molar-refractivity contribution in [3.63, 3.8) is 0 Å². The molecule has 0 spiro atoms. The molecule has 1 aromatic carbocycles. The van der Waals surface area contributed by atoms with Crippen LogP contribution in [0.1, 0.15) is 44.1 Å². The molecule has 3 heteroatoms. The minimum atomic E-state index is 0.137. The second-order valence-electron chi connectivity index (χ2n) is 5.37. The SMILES string of the molecule is C=CC(=N)c1ccc(NC(=O)C2CCCCCC2)cc1. The molecule has 0 radical (unpaired) electrons. The lowest BCUT2D eigenvalue weighted by Gasteiger charge is -2.14. The van der Waals surface area contributed by atoms with Crippen LogP contribution in [0.25, 0.3) is 0 Å². The molecule has 0 saturated heterocycles. The Kier molecular flexibility index (Phi) is 5.10. The van der Waals surface area contributed by atoms with Crippen molar-refractivity contribution in [2.75, 3.05) is 5.32 Å². The summed E-state index contributed by atoms with van der Waals surface area (Å²) >= 11 is 0. The molecule has 1 aromatic rings. The molecule has 0 unspecified atom stereocenters. The van der Waals surface area contributed by atoms with E-state index in [9.17, 15) is 4.79 Å². The molecular formula is C17H22N2O. The summed E-state index contributed by atoms with van der Waals surface area (Å²) in [5, 5.41) is 10.7. The zero-order chi connectivity index (χ0) is 14.4. The van der Waals surface area contributed by atoms with Gasteiger partial charge in [-0.05, 0) is 36.6 Å². The molecular weight excluding hydrogens is 248 g/mol. The summed E-state index contributed by atoms with van der Waals surface area (Å²) in [5.41, 5.74) is 2.01. The molecule has 0 heterocycles. The first-order valence-electron chi connectivity index (χ1n) is 7.33. The fourth-order valence-corrected chi connectivity index (χ4v) is 2.64. The van der Waals surface area contributed by atoms with E-state index < -0.39 is 0 Å². The average Bonchev–Trinajstić information content (AvgIpc) is 2.76. The van der Waals surface area contributed by atoms with Gasteiger partial charge in [-0.15, -0.1) is 0 Å². The number of nitrogens with one attached hydrogen (secondary N) is 2. The van der Waals surface area contributed by atoms with Crippen molar-refractivity contribution in [3.05, 3.63) is 42.5 Å².